The lowest BCUT2D eigenvalue weighted by Crippen LogP contribution is -2.49. The van der Waals surface area contributed by atoms with Crippen LogP contribution in [-0.4, -0.2) is 44.6 Å². The molecule has 7 heteroatoms. The number of carbonyl (C=O) groups excluding carboxylic acids is 1. The van der Waals surface area contributed by atoms with Gasteiger partial charge >= 0.3 is 0 Å². The maximum Gasteiger partial charge on any atom is 0.217 e. The molecule has 3 atom stereocenters. The first-order valence-corrected chi connectivity index (χ1v) is 13.2. The zero-order valence-corrected chi connectivity index (χ0v) is 19.1. The first kappa shape index (κ1) is 23.5. The van der Waals surface area contributed by atoms with Crippen LogP contribution in [0.2, 0.25) is 0 Å². The molecule has 1 fully saturated rings. The quantitative estimate of drug-likeness (QED) is 0.423. The Morgan fingerprint density at radius 3 is 2.63 bits per heavy atom. The standard InChI is InChI=1S/C23H38N2O4S/c1-3-17-9-10-19-14-30(28,29)15-22(20(19)11-17)24-13-23(27)21(25-16(2)26)12-18-7-5-4-6-8-18/h9-11,18,21-24,27-29H,3-8,12-15H2,1-2H3,(H,25,26). The molecule has 1 aromatic rings. The molecule has 1 aliphatic heterocycles. The molecule has 1 aromatic carbocycles. The Morgan fingerprint density at radius 1 is 1.23 bits per heavy atom. The van der Waals surface area contributed by atoms with Gasteiger partial charge in [-0.25, -0.2) is 0 Å². The van der Waals surface area contributed by atoms with Gasteiger partial charge in [-0.3, -0.25) is 13.9 Å². The van der Waals surface area contributed by atoms with Crippen LogP contribution in [0.3, 0.4) is 0 Å². The number of carbonyl (C=O) groups is 1. The van der Waals surface area contributed by atoms with Gasteiger partial charge in [0, 0.05) is 13.5 Å². The SMILES string of the molecule is CCc1ccc2c(c1)C(NCC(O)C(CC1CCCCC1)NC(C)=O)CS(O)(O)C2. The van der Waals surface area contributed by atoms with Crippen molar-refractivity contribution < 1.29 is 19.0 Å². The van der Waals surface area contributed by atoms with E-state index in [4.69, 9.17) is 0 Å². The van der Waals surface area contributed by atoms with E-state index in [1.54, 1.807) is 0 Å². The van der Waals surface area contributed by atoms with Gasteiger partial charge in [0.1, 0.15) is 0 Å². The molecule has 6 nitrogen and oxygen atoms in total. The molecule has 1 heterocycles. The number of hydrogen-bond acceptors (Lipinski definition) is 5. The van der Waals surface area contributed by atoms with E-state index in [1.807, 2.05) is 12.1 Å². The van der Waals surface area contributed by atoms with Crippen LogP contribution < -0.4 is 10.6 Å². The average Bonchev–Trinajstić information content (AvgIpc) is 2.70. The summed E-state index contributed by atoms with van der Waals surface area (Å²) < 4.78 is 20.8. The third-order valence-electron chi connectivity index (χ3n) is 6.55. The highest BCUT2D eigenvalue weighted by Crippen LogP contribution is 2.50. The van der Waals surface area contributed by atoms with E-state index < -0.39 is 16.7 Å². The summed E-state index contributed by atoms with van der Waals surface area (Å²) in [4.78, 5) is 11.7. The van der Waals surface area contributed by atoms with Crippen molar-refractivity contribution in [3.8, 4) is 0 Å². The predicted molar refractivity (Wildman–Crippen MR) is 123 cm³/mol. The molecule has 5 N–H and O–H groups in total. The number of rotatable bonds is 8. The third-order valence-corrected chi connectivity index (χ3v) is 8.19. The van der Waals surface area contributed by atoms with Crippen molar-refractivity contribution in [3.63, 3.8) is 0 Å². The van der Waals surface area contributed by atoms with Crippen molar-refractivity contribution in [3.05, 3.63) is 34.9 Å². The minimum absolute atomic E-state index is 0.125. The molecule has 30 heavy (non-hydrogen) atoms. The molecular formula is C23H38N2O4S. The summed E-state index contributed by atoms with van der Waals surface area (Å²) in [5.74, 6) is 0.968. The van der Waals surface area contributed by atoms with Crippen LogP contribution in [0.4, 0.5) is 0 Å². The third kappa shape index (κ3) is 6.44. The number of nitrogens with one attached hydrogen (secondary N) is 2. The maximum absolute atomic E-state index is 11.7. The minimum Gasteiger partial charge on any atom is -0.390 e. The van der Waals surface area contributed by atoms with Crippen molar-refractivity contribution in [2.45, 2.75) is 82.7 Å². The highest BCUT2D eigenvalue weighted by atomic mass is 32.3. The summed E-state index contributed by atoms with van der Waals surface area (Å²) in [6, 6.07) is 5.68. The second-order valence-electron chi connectivity index (χ2n) is 9.07. The fourth-order valence-electron chi connectivity index (χ4n) is 4.91. The van der Waals surface area contributed by atoms with Gasteiger partial charge in [-0.1, -0.05) is 57.2 Å². The van der Waals surface area contributed by atoms with Crippen LogP contribution in [0.25, 0.3) is 0 Å². The molecule has 0 radical (unpaired) electrons. The van der Waals surface area contributed by atoms with E-state index in [-0.39, 0.29) is 23.7 Å². The van der Waals surface area contributed by atoms with E-state index in [0.717, 1.165) is 36.8 Å². The predicted octanol–water partition coefficient (Wildman–Crippen LogP) is 3.98. The van der Waals surface area contributed by atoms with E-state index in [9.17, 15) is 19.0 Å². The van der Waals surface area contributed by atoms with Gasteiger partial charge in [0.2, 0.25) is 5.91 Å². The summed E-state index contributed by atoms with van der Waals surface area (Å²) in [5.41, 5.74) is 3.27. The Morgan fingerprint density at radius 2 is 1.97 bits per heavy atom. The van der Waals surface area contributed by atoms with Gasteiger partial charge in [0.25, 0.3) is 0 Å². The zero-order chi connectivity index (χ0) is 21.7. The van der Waals surface area contributed by atoms with Crippen molar-refractivity contribution in [1.82, 2.24) is 10.6 Å². The molecule has 2 aliphatic rings. The van der Waals surface area contributed by atoms with Gasteiger partial charge in [-0.2, -0.15) is 10.6 Å². The summed E-state index contributed by atoms with van der Waals surface area (Å²) in [5, 5.41) is 17.2. The number of aliphatic hydroxyl groups excluding tert-OH is 1. The zero-order valence-electron chi connectivity index (χ0n) is 18.3. The maximum atomic E-state index is 11.7. The molecule has 1 saturated carbocycles. The molecule has 0 aromatic heterocycles. The van der Waals surface area contributed by atoms with Gasteiger partial charge in [0.15, 0.2) is 0 Å². The van der Waals surface area contributed by atoms with Crippen LogP contribution in [0.5, 0.6) is 0 Å². The summed E-state index contributed by atoms with van der Waals surface area (Å²) in [7, 11) is -2.69. The van der Waals surface area contributed by atoms with Crippen molar-refractivity contribution in [2.75, 3.05) is 12.3 Å². The second-order valence-corrected chi connectivity index (χ2v) is 11.3. The summed E-state index contributed by atoms with van der Waals surface area (Å²) >= 11 is 0. The van der Waals surface area contributed by atoms with Gasteiger partial charge in [-0.15, -0.1) is 0 Å². The van der Waals surface area contributed by atoms with Gasteiger partial charge in [0.05, 0.1) is 29.7 Å². The summed E-state index contributed by atoms with van der Waals surface area (Å²) in [6.07, 6.45) is 7.03. The average molecular weight is 439 g/mol. The Hall–Kier alpha value is -1.12. The number of benzene rings is 1. The van der Waals surface area contributed by atoms with Crippen molar-refractivity contribution >= 4 is 16.5 Å². The fraction of sp³-hybridized carbons (Fsp3) is 0.696. The molecule has 170 valence electrons. The molecular weight excluding hydrogens is 400 g/mol. The minimum atomic E-state index is -2.69. The van der Waals surface area contributed by atoms with E-state index in [0.29, 0.717) is 18.2 Å². The largest absolute Gasteiger partial charge is 0.390 e. The van der Waals surface area contributed by atoms with E-state index in [2.05, 4.69) is 23.6 Å². The highest BCUT2D eigenvalue weighted by molar-refractivity contribution is 8.23. The molecule has 0 spiro atoms. The highest BCUT2D eigenvalue weighted by Gasteiger charge is 2.32. The number of aryl methyl sites for hydroxylation is 1. The Kier molecular flexibility index (Phi) is 8.21. The van der Waals surface area contributed by atoms with Crippen LogP contribution in [0, 0.1) is 5.92 Å². The molecule has 3 rings (SSSR count). The monoisotopic (exact) mass is 438 g/mol. The smallest absolute Gasteiger partial charge is 0.217 e. The lowest BCUT2D eigenvalue weighted by molar-refractivity contribution is -0.120. The Balaban J connectivity index is 1.67. The Labute approximate surface area is 182 Å². The van der Waals surface area contributed by atoms with Gasteiger partial charge < -0.3 is 15.7 Å². The van der Waals surface area contributed by atoms with E-state index in [1.165, 1.54) is 31.7 Å². The van der Waals surface area contributed by atoms with Crippen molar-refractivity contribution in [2.24, 2.45) is 5.92 Å². The molecule has 0 saturated heterocycles. The van der Waals surface area contributed by atoms with Gasteiger partial charge in [-0.05, 0) is 35.4 Å². The van der Waals surface area contributed by atoms with Crippen LogP contribution >= 0.6 is 10.6 Å². The second kappa shape index (κ2) is 10.5. The molecule has 1 amide bonds. The lowest BCUT2D eigenvalue weighted by Gasteiger charge is -2.42. The number of hydrogen-bond donors (Lipinski definition) is 5. The topological polar surface area (TPSA) is 102 Å². The van der Waals surface area contributed by atoms with E-state index >= 15 is 0 Å². The first-order chi connectivity index (χ1) is 14.3. The number of amides is 1. The molecule has 1 aliphatic carbocycles. The lowest BCUT2D eigenvalue weighted by atomic mass is 9.83. The first-order valence-electron chi connectivity index (χ1n) is 11.3. The summed E-state index contributed by atoms with van der Waals surface area (Å²) in [6.45, 7) is 3.90. The normalized spacial score (nSPS) is 24.5. The fourth-order valence-corrected chi connectivity index (χ4v) is 6.62. The molecule has 3 unspecified atom stereocenters. The number of aliphatic hydroxyl groups is 1. The number of fused-ring (bicyclic) bond motifs is 1. The molecule has 0 bridgehead atoms. The van der Waals surface area contributed by atoms with Crippen LogP contribution in [0.1, 0.15) is 75.1 Å². The van der Waals surface area contributed by atoms with Crippen LogP contribution in [0.15, 0.2) is 18.2 Å². The van der Waals surface area contributed by atoms with Crippen molar-refractivity contribution in [1.29, 1.82) is 0 Å². The van der Waals surface area contributed by atoms with Crippen LogP contribution in [-0.2, 0) is 17.0 Å². The Bertz CT molecular complexity index is 721.